The van der Waals surface area contributed by atoms with Gasteiger partial charge in [-0.2, -0.15) is 0 Å². The van der Waals surface area contributed by atoms with E-state index in [9.17, 15) is 0 Å². The summed E-state index contributed by atoms with van der Waals surface area (Å²) in [4.78, 5) is 0. The first-order valence-corrected chi connectivity index (χ1v) is 6.35. The summed E-state index contributed by atoms with van der Waals surface area (Å²) in [6.07, 6.45) is 3.35. The highest BCUT2D eigenvalue weighted by Crippen LogP contribution is 2.17. The van der Waals surface area contributed by atoms with Crippen LogP contribution in [0.3, 0.4) is 0 Å². The number of anilines is 2. The largest absolute Gasteiger partial charge is 0.398 e. The molecule has 0 spiro atoms. The molecule has 5 heteroatoms. The predicted molar refractivity (Wildman–Crippen MR) is 79.5 cm³/mol. The molecule has 0 aliphatic heterocycles. The van der Waals surface area contributed by atoms with Gasteiger partial charge in [-0.05, 0) is 29.8 Å². The highest BCUT2D eigenvalue weighted by Gasteiger charge is 2.00. The van der Waals surface area contributed by atoms with Gasteiger partial charge in [0.2, 0.25) is 0 Å². The third-order valence-corrected chi connectivity index (χ3v) is 3.10. The lowest BCUT2D eigenvalue weighted by Gasteiger charge is -2.10. The van der Waals surface area contributed by atoms with Crippen LogP contribution >= 0.6 is 0 Å². The Hall–Kier alpha value is -2.82. The molecule has 3 aromatic rings. The van der Waals surface area contributed by atoms with E-state index in [4.69, 9.17) is 5.73 Å². The Morgan fingerprint density at radius 1 is 1.00 bits per heavy atom. The second kappa shape index (κ2) is 5.44. The number of nitrogens with zero attached hydrogens (tertiary/aromatic N) is 3. The molecule has 0 bridgehead atoms. The number of nitrogens with one attached hydrogen (secondary N) is 1. The predicted octanol–water partition coefficient (Wildman–Crippen LogP) is 2.46. The summed E-state index contributed by atoms with van der Waals surface area (Å²) in [5.41, 5.74) is 9.86. The molecule has 5 nitrogen and oxygen atoms in total. The number of para-hydroxylation sites is 1. The third-order valence-electron chi connectivity index (χ3n) is 3.10. The summed E-state index contributed by atoms with van der Waals surface area (Å²) in [6, 6.07) is 15.9. The molecule has 0 unspecified atom stereocenters. The molecule has 100 valence electrons. The average molecular weight is 265 g/mol. The van der Waals surface area contributed by atoms with Gasteiger partial charge in [0.1, 0.15) is 12.7 Å². The van der Waals surface area contributed by atoms with E-state index in [0.29, 0.717) is 6.54 Å². The van der Waals surface area contributed by atoms with Gasteiger partial charge < -0.3 is 11.1 Å². The van der Waals surface area contributed by atoms with Crippen LogP contribution in [-0.2, 0) is 6.54 Å². The zero-order valence-electron chi connectivity index (χ0n) is 10.9. The Morgan fingerprint density at radius 2 is 1.80 bits per heavy atom. The maximum atomic E-state index is 5.93. The Labute approximate surface area is 117 Å². The molecule has 0 radical (unpaired) electrons. The lowest BCUT2D eigenvalue weighted by molar-refractivity contribution is 1.05. The summed E-state index contributed by atoms with van der Waals surface area (Å²) >= 11 is 0. The molecule has 3 N–H and O–H groups in total. The van der Waals surface area contributed by atoms with Crippen LogP contribution in [-0.4, -0.2) is 14.8 Å². The van der Waals surface area contributed by atoms with Crippen molar-refractivity contribution in [3.63, 3.8) is 0 Å². The van der Waals surface area contributed by atoms with Crippen LogP contribution in [0, 0.1) is 0 Å². The molecular formula is C15H15N5. The Bertz CT molecular complexity index is 691. The number of hydrogen-bond acceptors (Lipinski definition) is 4. The molecule has 0 saturated heterocycles. The first-order valence-electron chi connectivity index (χ1n) is 6.35. The summed E-state index contributed by atoms with van der Waals surface area (Å²) in [5.74, 6) is 0. The van der Waals surface area contributed by atoms with E-state index in [1.807, 2.05) is 53.1 Å². The fourth-order valence-corrected chi connectivity index (χ4v) is 2.00. The van der Waals surface area contributed by atoms with E-state index < -0.39 is 0 Å². The standard InChI is InChI=1S/C15H15N5/c16-15-7-2-1-4-12(15)9-17-13-5-3-6-14(8-13)20-10-18-19-11-20/h1-8,10-11,17H,9,16H2. The highest BCUT2D eigenvalue weighted by atomic mass is 15.2. The quantitative estimate of drug-likeness (QED) is 0.711. The average Bonchev–Trinajstić information content (AvgIpc) is 3.01. The summed E-state index contributed by atoms with van der Waals surface area (Å²) < 4.78 is 1.86. The van der Waals surface area contributed by atoms with Crippen LogP contribution in [0.1, 0.15) is 5.56 Å². The van der Waals surface area contributed by atoms with Crippen molar-refractivity contribution in [2.24, 2.45) is 0 Å². The first kappa shape index (κ1) is 12.2. The van der Waals surface area contributed by atoms with Crippen molar-refractivity contribution >= 4 is 11.4 Å². The van der Waals surface area contributed by atoms with Crippen molar-refractivity contribution < 1.29 is 0 Å². The van der Waals surface area contributed by atoms with Gasteiger partial charge in [0.05, 0.1) is 5.69 Å². The topological polar surface area (TPSA) is 68.8 Å². The molecule has 0 aliphatic rings. The first-order chi connectivity index (χ1) is 9.83. The van der Waals surface area contributed by atoms with Gasteiger partial charge >= 0.3 is 0 Å². The minimum Gasteiger partial charge on any atom is -0.398 e. The van der Waals surface area contributed by atoms with Crippen LogP contribution < -0.4 is 11.1 Å². The van der Waals surface area contributed by atoms with Crippen molar-refractivity contribution in [2.75, 3.05) is 11.1 Å². The second-order valence-electron chi connectivity index (χ2n) is 4.47. The van der Waals surface area contributed by atoms with E-state index in [0.717, 1.165) is 22.6 Å². The van der Waals surface area contributed by atoms with E-state index >= 15 is 0 Å². The van der Waals surface area contributed by atoms with Gasteiger partial charge in [-0.1, -0.05) is 24.3 Å². The van der Waals surface area contributed by atoms with Crippen LogP contribution in [0.2, 0.25) is 0 Å². The molecule has 0 fully saturated rings. The highest BCUT2D eigenvalue weighted by molar-refractivity contribution is 5.53. The van der Waals surface area contributed by atoms with Crippen molar-refractivity contribution in [3.8, 4) is 5.69 Å². The molecule has 2 aromatic carbocycles. The number of benzene rings is 2. The lowest BCUT2D eigenvalue weighted by atomic mass is 10.2. The normalized spacial score (nSPS) is 10.4. The summed E-state index contributed by atoms with van der Waals surface area (Å²) in [7, 11) is 0. The fourth-order valence-electron chi connectivity index (χ4n) is 2.00. The zero-order valence-corrected chi connectivity index (χ0v) is 10.9. The number of aromatic nitrogens is 3. The van der Waals surface area contributed by atoms with Crippen LogP contribution in [0.25, 0.3) is 5.69 Å². The van der Waals surface area contributed by atoms with Gasteiger partial charge in [-0.3, -0.25) is 4.57 Å². The Morgan fingerprint density at radius 3 is 2.60 bits per heavy atom. The number of hydrogen-bond donors (Lipinski definition) is 2. The van der Waals surface area contributed by atoms with E-state index in [2.05, 4.69) is 15.5 Å². The van der Waals surface area contributed by atoms with E-state index in [1.165, 1.54) is 0 Å². The fraction of sp³-hybridized carbons (Fsp3) is 0.0667. The third kappa shape index (κ3) is 2.61. The summed E-state index contributed by atoms with van der Waals surface area (Å²) in [6.45, 7) is 0.693. The van der Waals surface area contributed by atoms with Gasteiger partial charge in [-0.25, -0.2) is 0 Å². The lowest BCUT2D eigenvalue weighted by Crippen LogP contribution is -2.03. The molecule has 1 heterocycles. The SMILES string of the molecule is Nc1ccccc1CNc1cccc(-n2cnnc2)c1. The Balaban J connectivity index is 1.75. The van der Waals surface area contributed by atoms with Crippen molar-refractivity contribution in [3.05, 3.63) is 66.7 Å². The molecule has 0 aliphatic carbocycles. The maximum absolute atomic E-state index is 5.93. The number of rotatable bonds is 4. The van der Waals surface area contributed by atoms with Gasteiger partial charge in [0, 0.05) is 17.9 Å². The molecule has 0 amide bonds. The minimum absolute atomic E-state index is 0.693. The van der Waals surface area contributed by atoms with E-state index in [-0.39, 0.29) is 0 Å². The minimum atomic E-state index is 0.693. The zero-order chi connectivity index (χ0) is 13.8. The Kier molecular flexibility index (Phi) is 3.33. The van der Waals surface area contributed by atoms with Crippen molar-refractivity contribution in [2.45, 2.75) is 6.54 Å². The van der Waals surface area contributed by atoms with Crippen LogP contribution in [0.15, 0.2) is 61.2 Å². The maximum Gasteiger partial charge on any atom is 0.123 e. The van der Waals surface area contributed by atoms with Gasteiger partial charge in [0.25, 0.3) is 0 Å². The summed E-state index contributed by atoms with van der Waals surface area (Å²) in [5, 5.41) is 11.0. The monoisotopic (exact) mass is 265 g/mol. The molecule has 1 aromatic heterocycles. The molecule has 0 atom stereocenters. The van der Waals surface area contributed by atoms with Gasteiger partial charge in [0.15, 0.2) is 0 Å². The van der Waals surface area contributed by atoms with E-state index in [1.54, 1.807) is 12.7 Å². The smallest absolute Gasteiger partial charge is 0.123 e. The molecule has 20 heavy (non-hydrogen) atoms. The second-order valence-corrected chi connectivity index (χ2v) is 4.47. The molecule has 3 rings (SSSR count). The van der Waals surface area contributed by atoms with Crippen LogP contribution in [0.4, 0.5) is 11.4 Å². The van der Waals surface area contributed by atoms with Crippen LogP contribution in [0.5, 0.6) is 0 Å². The van der Waals surface area contributed by atoms with Crippen molar-refractivity contribution in [1.29, 1.82) is 0 Å². The number of nitrogen functional groups attached to an aromatic ring is 1. The molecular weight excluding hydrogens is 250 g/mol. The van der Waals surface area contributed by atoms with Crippen molar-refractivity contribution in [1.82, 2.24) is 14.8 Å². The molecule has 0 saturated carbocycles. The van der Waals surface area contributed by atoms with Gasteiger partial charge in [-0.15, -0.1) is 10.2 Å². The number of nitrogens with two attached hydrogens (primary N) is 1.